The second kappa shape index (κ2) is 39.5. The lowest BCUT2D eigenvalue weighted by molar-refractivity contribution is -0.132. The summed E-state index contributed by atoms with van der Waals surface area (Å²) in [5.41, 5.74) is 5.34. The number of rotatable bonds is 46. The maximum Gasteiger partial charge on any atom is 0.260 e. The molecule has 3 aromatic carbocycles. The van der Waals surface area contributed by atoms with Crippen LogP contribution in [0.5, 0.6) is 23.0 Å². The second-order valence-electron chi connectivity index (χ2n) is 24.9. The zero-order valence-electron chi connectivity index (χ0n) is 58.2. The molecule has 1 unspecified atom stereocenters. The number of carbonyl (C=O) groups is 7. The van der Waals surface area contributed by atoms with Gasteiger partial charge in [0, 0.05) is 87.5 Å². The van der Waals surface area contributed by atoms with Gasteiger partial charge >= 0.3 is 0 Å². The number of hydrogen-bond acceptors (Lipinski definition) is 22. The van der Waals surface area contributed by atoms with Crippen molar-refractivity contribution in [2.75, 3.05) is 152 Å². The van der Waals surface area contributed by atoms with Gasteiger partial charge in [0.05, 0.1) is 168 Å². The number of fused-ring (bicyclic) bond motifs is 4. The minimum absolute atomic E-state index is 0.0160. The Balaban J connectivity index is 0.570. The Labute approximate surface area is 588 Å². The second-order valence-corrected chi connectivity index (χ2v) is 24.9. The summed E-state index contributed by atoms with van der Waals surface area (Å²) in [5.74, 6) is -0.258. The lowest BCUT2D eigenvalue weighted by Gasteiger charge is -2.24. The van der Waals surface area contributed by atoms with Crippen molar-refractivity contribution in [2.45, 2.75) is 96.1 Å². The van der Waals surface area contributed by atoms with Crippen LogP contribution in [0, 0.1) is 11.8 Å². The van der Waals surface area contributed by atoms with Gasteiger partial charge in [0.2, 0.25) is 29.5 Å². The number of anilines is 1. The number of carbonyl (C=O) groups excluding carboxylic acids is 7. The molecule has 3 aromatic rings. The van der Waals surface area contributed by atoms with E-state index in [9.17, 15) is 38.7 Å². The van der Waals surface area contributed by atoms with Crippen molar-refractivity contribution in [3.05, 3.63) is 95.3 Å². The molecule has 0 aromatic heterocycles. The molecule has 29 nitrogen and oxygen atoms in total. The fraction of sp³-hybridized carbons (Fsp3) is 0.542. The average molecular weight is 1410 g/mol. The van der Waals surface area contributed by atoms with E-state index in [-0.39, 0.29) is 93.4 Å². The van der Waals surface area contributed by atoms with E-state index in [2.05, 4.69) is 21.3 Å². The number of methoxy groups -OCH3 is 2. The van der Waals surface area contributed by atoms with E-state index in [1.807, 2.05) is 30.7 Å². The van der Waals surface area contributed by atoms with Crippen LogP contribution in [0.25, 0.3) is 5.57 Å². The third-order valence-electron chi connectivity index (χ3n) is 17.1. The summed E-state index contributed by atoms with van der Waals surface area (Å²) in [5, 5.41) is 20.7. The first-order valence-electron chi connectivity index (χ1n) is 34.5. The summed E-state index contributed by atoms with van der Waals surface area (Å²) in [6, 6.07) is 11.7. The molecule has 0 radical (unpaired) electrons. The summed E-state index contributed by atoms with van der Waals surface area (Å²) < 4.78 is 67.8. The molecule has 5 heterocycles. The van der Waals surface area contributed by atoms with E-state index >= 15 is 0 Å². The Hall–Kier alpha value is -8.65. The number of aliphatic imine (C=N–C) groups is 2. The van der Waals surface area contributed by atoms with E-state index in [1.54, 1.807) is 73.2 Å². The number of nitrogens with zero attached hydrogens (tertiary/aromatic N) is 5. The van der Waals surface area contributed by atoms with Gasteiger partial charge in [-0.15, -0.1) is 0 Å². The molecule has 9 rings (SSSR count). The molecular weight excluding hydrogens is 1310 g/mol. The van der Waals surface area contributed by atoms with Gasteiger partial charge in [-0.1, -0.05) is 26.0 Å². The highest BCUT2D eigenvalue weighted by Gasteiger charge is 2.39. The zero-order valence-corrected chi connectivity index (χ0v) is 58.2. The topological polar surface area (TPSA) is 333 Å². The third kappa shape index (κ3) is 22.9. The van der Waals surface area contributed by atoms with Gasteiger partial charge in [0.25, 0.3) is 11.8 Å². The van der Waals surface area contributed by atoms with Crippen LogP contribution in [0.3, 0.4) is 0 Å². The van der Waals surface area contributed by atoms with Crippen molar-refractivity contribution in [3.63, 3.8) is 0 Å². The Kier molecular flexibility index (Phi) is 30.0. The molecule has 1 fully saturated rings. The van der Waals surface area contributed by atoms with Crippen LogP contribution in [0.15, 0.2) is 88.6 Å². The van der Waals surface area contributed by atoms with E-state index in [4.69, 9.17) is 66.8 Å². The van der Waals surface area contributed by atoms with E-state index in [0.29, 0.717) is 169 Å². The van der Waals surface area contributed by atoms with E-state index in [0.717, 1.165) is 17.6 Å². The van der Waals surface area contributed by atoms with Gasteiger partial charge in [0.1, 0.15) is 18.3 Å². The van der Waals surface area contributed by atoms with Crippen LogP contribution in [0.1, 0.15) is 92.0 Å². The molecule has 0 bridgehead atoms. The smallest absolute Gasteiger partial charge is 0.260 e. The van der Waals surface area contributed by atoms with Gasteiger partial charge in [-0.2, -0.15) is 0 Å². The molecule has 5 aliphatic heterocycles. The molecule has 29 heteroatoms. The monoisotopic (exact) mass is 1410 g/mol. The van der Waals surface area contributed by atoms with Gasteiger partial charge < -0.3 is 97.9 Å². The van der Waals surface area contributed by atoms with Gasteiger partial charge in [0.15, 0.2) is 23.0 Å². The number of benzene rings is 3. The molecule has 1 aliphatic carbocycles. The predicted molar refractivity (Wildman–Crippen MR) is 371 cm³/mol. The number of aliphatic hydroxyl groups is 1. The van der Waals surface area contributed by atoms with Gasteiger partial charge in [-0.05, 0) is 85.1 Å². The highest BCUT2D eigenvalue weighted by molar-refractivity contribution is 6.06. The summed E-state index contributed by atoms with van der Waals surface area (Å²) in [7, 11) is 3.05. The quantitative estimate of drug-likeness (QED) is 0.0461. The summed E-state index contributed by atoms with van der Waals surface area (Å²) in [6.45, 7) is 11.9. The largest absolute Gasteiger partial charge is 0.493 e. The van der Waals surface area contributed by atoms with Gasteiger partial charge in [-0.3, -0.25) is 43.5 Å². The summed E-state index contributed by atoms with van der Waals surface area (Å²) >= 11 is 0. The number of hydrogen-bond donors (Lipinski definition) is 5. The van der Waals surface area contributed by atoms with Gasteiger partial charge in [-0.25, -0.2) is 0 Å². The average Bonchev–Trinajstić information content (AvgIpc) is 1.65. The highest BCUT2D eigenvalue weighted by atomic mass is 16.6. The molecular formula is C72H95N9O20. The number of amides is 7. The first-order chi connectivity index (χ1) is 49.1. The minimum atomic E-state index is -0.983. The van der Waals surface area contributed by atoms with Crippen LogP contribution in [0.4, 0.5) is 17.1 Å². The SMILES string of the molecule is COc1cc2c(cc1OCCCOc1cc3c(cc1OC)C(=O)N1C=C(C4CC4)C[C@H]1C=N3)N=C[C@@H]1CC(c3ccc(NC(=O)[C@H](C)NC(=O)[C@@H](NC(=O)CCOCCOCCOCCOCCOCCOCCOCCOCCNC(=O)CCN4C(=O)C=CC4O)C(C)C)cc3)=CN1C2=O. The summed E-state index contributed by atoms with van der Waals surface area (Å²) in [4.78, 5) is 105. The van der Waals surface area contributed by atoms with Crippen molar-refractivity contribution < 1.29 is 95.5 Å². The Bertz CT molecular complexity index is 3470. The molecule has 5 atom stereocenters. The zero-order chi connectivity index (χ0) is 71.5. The molecule has 6 aliphatic rings. The molecule has 0 spiro atoms. The normalized spacial score (nSPS) is 17.9. The van der Waals surface area contributed by atoms with Crippen molar-refractivity contribution in [1.29, 1.82) is 0 Å². The lowest BCUT2D eigenvalue weighted by Crippen LogP contribution is -2.53. The van der Waals surface area contributed by atoms with Crippen molar-refractivity contribution in [2.24, 2.45) is 21.8 Å². The Morgan fingerprint density at radius 2 is 1.08 bits per heavy atom. The molecule has 1 saturated carbocycles. The van der Waals surface area contributed by atoms with Crippen LogP contribution in [-0.2, 0) is 61.9 Å². The van der Waals surface area contributed by atoms with Crippen LogP contribution in [0.2, 0.25) is 0 Å². The highest BCUT2D eigenvalue weighted by Crippen LogP contribution is 2.45. The molecule has 7 amide bonds. The Morgan fingerprint density at radius 3 is 1.57 bits per heavy atom. The van der Waals surface area contributed by atoms with Crippen LogP contribution in [-0.4, -0.2) is 250 Å². The fourth-order valence-electron chi connectivity index (χ4n) is 11.4. The molecule has 0 saturated heterocycles. The van der Waals surface area contributed by atoms with Crippen molar-refractivity contribution in [3.8, 4) is 23.0 Å². The van der Waals surface area contributed by atoms with Crippen LogP contribution >= 0.6 is 0 Å². The minimum Gasteiger partial charge on any atom is -0.493 e. The molecule has 5 N–H and O–H groups in total. The first kappa shape index (κ1) is 76.5. The fourth-order valence-corrected chi connectivity index (χ4v) is 11.4. The molecule has 548 valence electrons. The lowest BCUT2D eigenvalue weighted by atomic mass is 10.0. The van der Waals surface area contributed by atoms with E-state index < -0.39 is 30.1 Å². The maximum absolute atomic E-state index is 14.1. The maximum atomic E-state index is 14.1. The number of ether oxygens (including phenoxy) is 12. The van der Waals surface area contributed by atoms with Crippen molar-refractivity contribution >= 4 is 76.4 Å². The van der Waals surface area contributed by atoms with Crippen molar-refractivity contribution in [1.82, 2.24) is 30.7 Å². The molecule has 101 heavy (non-hydrogen) atoms. The Morgan fingerprint density at radius 1 is 0.574 bits per heavy atom. The number of nitrogens with one attached hydrogen (secondary N) is 4. The third-order valence-corrected chi connectivity index (χ3v) is 17.1. The van der Waals surface area contributed by atoms with Crippen LogP contribution < -0.4 is 40.2 Å². The standard InChI is InChI=1S/C72H95N9O20/c1-47(2)68(78-65(83)16-21-92-23-25-94-27-29-96-31-33-98-35-36-99-34-32-97-30-28-95-26-24-93-22-17-73-64(82)15-18-79-66(84)13-14-67(79)85)70(87)76-48(3)69(86)77-53-11-9-50(10-12-53)52-38-55-44-75-59-42-63(61(91-5)40-57(59)72(89)81(55)46-52)101-20-6-19-100-62-41-58-56(39-60(62)90-4)71(88)80-45-51(49-7-8-49)37-54(80)43-74-58/h9-14,39-49,54-55,66,68,84H,6-8,15-38H2,1-5H3,(H,73,82)(H,76,87)(H,77,86)(H,78,83)/t48-,54-,55-,66?,68-/m0/s1. The van der Waals surface area contributed by atoms with E-state index in [1.165, 1.54) is 49.7 Å². The summed E-state index contributed by atoms with van der Waals surface area (Å²) in [6.07, 6.45) is 13.3. The first-order valence-corrected chi connectivity index (χ1v) is 34.5. The predicted octanol–water partition coefficient (Wildman–Crippen LogP) is 5.08. The number of aliphatic hydroxyl groups excluding tert-OH is 1.